The molecule has 0 N–H and O–H groups in total. The minimum absolute atomic E-state index is 0.305. The average molecular weight is 219 g/mol. The molecule has 2 aromatic rings. The van der Waals surface area contributed by atoms with Gasteiger partial charge in [-0.05, 0) is 25.1 Å². The number of halogens is 1. The Hall–Kier alpha value is -1.55. The van der Waals surface area contributed by atoms with E-state index >= 15 is 0 Å². The van der Waals surface area contributed by atoms with Gasteiger partial charge in [-0.2, -0.15) is 0 Å². The van der Waals surface area contributed by atoms with Crippen molar-refractivity contribution in [3.05, 3.63) is 47.9 Å². The third-order valence-electron chi connectivity index (χ3n) is 1.89. The summed E-state index contributed by atoms with van der Waals surface area (Å²) in [6.07, 6.45) is 4.34. The normalized spacial score (nSPS) is 11.7. The van der Waals surface area contributed by atoms with Gasteiger partial charge in [0.2, 0.25) is 0 Å². The van der Waals surface area contributed by atoms with E-state index in [1.54, 1.807) is 18.3 Å². The highest BCUT2D eigenvalue weighted by atomic mass is 32.1. The van der Waals surface area contributed by atoms with Crippen LogP contribution in [0, 0.1) is 6.92 Å². The lowest BCUT2D eigenvalue weighted by Crippen LogP contribution is -1.80. The summed E-state index contributed by atoms with van der Waals surface area (Å²) in [7, 11) is 0. The second-order valence-electron chi connectivity index (χ2n) is 2.85. The molecule has 2 nitrogen and oxygen atoms in total. The molecule has 0 aliphatic carbocycles. The summed E-state index contributed by atoms with van der Waals surface area (Å²) in [4.78, 5) is 8.48. The summed E-state index contributed by atoms with van der Waals surface area (Å²) in [6, 6.07) is 3.54. The van der Waals surface area contributed by atoms with Gasteiger partial charge < -0.3 is 0 Å². The lowest BCUT2D eigenvalue weighted by molar-refractivity contribution is 0.764. The van der Waals surface area contributed by atoms with Gasteiger partial charge in [0.05, 0.1) is 10.6 Å². The highest BCUT2D eigenvalue weighted by molar-refractivity contribution is 7.11. The van der Waals surface area contributed by atoms with Crippen LogP contribution in [-0.2, 0) is 0 Å². The minimum atomic E-state index is -0.305. The fourth-order valence-corrected chi connectivity index (χ4v) is 1.99. The fraction of sp³-hybridized carbons (Fsp3) is 0. The number of aromatic nitrogens is 2. The molecule has 0 amide bonds. The van der Waals surface area contributed by atoms with Gasteiger partial charge in [0.25, 0.3) is 0 Å². The van der Waals surface area contributed by atoms with Crippen LogP contribution in [0.2, 0.25) is 0 Å². The average Bonchev–Trinajstić information content (AvgIpc) is 2.78. The number of hydrogen-bond donors (Lipinski definition) is 0. The van der Waals surface area contributed by atoms with Gasteiger partial charge in [0.15, 0.2) is 0 Å². The van der Waals surface area contributed by atoms with Crippen molar-refractivity contribution in [2.75, 3.05) is 0 Å². The standard InChI is InChI=1S/C11H8FN2S/c1-2-9(12)11-5-8(6-15-11)10-3-4-13-7-14-10/h2-7H,1H2/b9-2-. The zero-order valence-electron chi connectivity index (χ0n) is 7.85. The van der Waals surface area contributed by atoms with Crippen molar-refractivity contribution >= 4 is 17.2 Å². The number of allylic oxidation sites excluding steroid dienone is 1. The van der Waals surface area contributed by atoms with Crippen LogP contribution >= 0.6 is 11.3 Å². The molecule has 2 rings (SSSR count). The molecule has 1 radical (unpaired) electrons. The molecule has 0 unspecified atom stereocenters. The molecule has 0 saturated heterocycles. The van der Waals surface area contributed by atoms with E-state index in [1.807, 2.05) is 5.38 Å². The first kappa shape index (κ1) is 9.98. The number of hydrogen-bond acceptors (Lipinski definition) is 3. The molecule has 2 aromatic heterocycles. The van der Waals surface area contributed by atoms with E-state index in [4.69, 9.17) is 0 Å². The molecule has 0 atom stereocenters. The van der Waals surface area contributed by atoms with E-state index in [0.717, 1.165) is 11.3 Å². The van der Waals surface area contributed by atoms with E-state index in [9.17, 15) is 4.39 Å². The Morgan fingerprint density at radius 3 is 3.07 bits per heavy atom. The molecule has 0 aromatic carbocycles. The Labute approximate surface area is 91.1 Å². The van der Waals surface area contributed by atoms with Crippen molar-refractivity contribution in [3.63, 3.8) is 0 Å². The van der Waals surface area contributed by atoms with E-state index in [0.29, 0.717) is 4.88 Å². The maximum absolute atomic E-state index is 13.2. The summed E-state index contributed by atoms with van der Waals surface area (Å²) < 4.78 is 13.2. The number of rotatable bonds is 2. The second-order valence-corrected chi connectivity index (χ2v) is 3.76. The Bertz CT molecular complexity index is 476. The van der Waals surface area contributed by atoms with Crippen molar-refractivity contribution in [2.45, 2.75) is 0 Å². The minimum Gasteiger partial charge on any atom is -0.245 e. The lowest BCUT2D eigenvalue weighted by atomic mass is 10.2. The number of thiophene rings is 1. The molecule has 75 valence electrons. The van der Waals surface area contributed by atoms with E-state index < -0.39 is 0 Å². The largest absolute Gasteiger partial charge is 0.245 e. The van der Waals surface area contributed by atoms with Crippen LogP contribution in [0.25, 0.3) is 17.1 Å². The first-order valence-electron chi connectivity index (χ1n) is 4.31. The summed E-state index contributed by atoms with van der Waals surface area (Å²) in [5, 5.41) is 1.86. The monoisotopic (exact) mass is 219 g/mol. The van der Waals surface area contributed by atoms with Crippen LogP contribution in [0.5, 0.6) is 0 Å². The Morgan fingerprint density at radius 1 is 1.53 bits per heavy atom. The predicted octanol–water partition coefficient (Wildman–Crippen LogP) is 3.35. The third kappa shape index (κ3) is 2.10. The van der Waals surface area contributed by atoms with Gasteiger partial charge in [0, 0.05) is 17.1 Å². The third-order valence-corrected chi connectivity index (χ3v) is 2.83. The van der Waals surface area contributed by atoms with Crippen molar-refractivity contribution in [1.29, 1.82) is 0 Å². The Balaban J connectivity index is 2.36. The molecule has 0 fully saturated rings. The lowest BCUT2D eigenvalue weighted by Gasteiger charge is -1.93. The molecular formula is C11H8FN2S. The smallest absolute Gasteiger partial charge is 0.136 e. The second kappa shape index (κ2) is 4.31. The highest BCUT2D eigenvalue weighted by Gasteiger charge is 2.06. The molecule has 4 heteroatoms. The van der Waals surface area contributed by atoms with Gasteiger partial charge in [0.1, 0.15) is 12.2 Å². The molecule has 15 heavy (non-hydrogen) atoms. The van der Waals surface area contributed by atoms with Gasteiger partial charge in [-0.1, -0.05) is 0 Å². The Kier molecular flexibility index (Phi) is 2.87. The first-order valence-corrected chi connectivity index (χ1v) is 5.19. The molecule has 0 spiro atoms. The van der Waals surface area contributed by atoms with Crippen LogP contribution in [0.3, 0.4) is 0 Å². The van der Waals surface area contributed by atoms with Crippen molar-refractivity contribution < 1.29 is 4.39 Å². The SMILES string of the molecule is [CH2]/C=C(\F)c1cc(-c2ccncn2)cs1. The topological polar surface area (TPSA) is 25.8 Å². The van der Waals surface area contributed by atoms with Gasteiger partial charge >= 0.3 is 0 Å². The fourth-order valence-electron chi connectivity index (χ4n) is 1.16. The maximum atomic E-state index is 13.2. The van der Waals surface area contributed by atoms with Gasteiger partial charge in [-0.15, -0.1) is 11.3 Å². The van der Waals surface area contributed by atoms with Crippen molar-refractivity contribution in [3.8, 4) is 11.3 Å². The predicted molar refractivity (Wildman–Crippen MR) is 59.8 cm³/mol. The van der Waals surface area contributed by atoms with Crippen molar-refractivity contribution in [1.82, 2.24) is 9.97 Å². The summed E-state index contributed by atoms with van der Waals surface area (Å²) >= 11 is 1.33. The van der Waals surface area contributed by atoms with Crippen LogP contribution in [-0.4, -0.2) is 9.97 Å². The molecule has 0 bridgehead atoms. The highest BCUT2D eigenvalue weighted by Crippen LogP contribution is 2.28. The van der Waals surface area contributed by atoms with Crippen LogP contribution < -0.4 is 0 Å². The molecular weight excluding hydrogens is 211 g/mol. The summed E-state index contributed by atoms with van der Waals surface area (Å²) in [5.41, 5.74) is 1.69. The quantitative estimate of drug-likeness (QED) is 0.774. The van der Waals surface area contributed by atoms with E-state index in [2.05, 4.69) is 16.9 Å². The number of nitrogens with zero attached hydrogens (tertiary/aromatic N) is 2. The molecule has 0 saturated carbocycles. The molecule has 0 aliphatic heterocycles. The zero-order chi connectivity index (χ0) is 10.7. The van der Waals surface area contributed by atoms with E-state index in [-0.39, 0.29) is 5.83 Å². The zero-order valence-corrected chi connectivity index (χ0v) is 8.67. The molecule has 2 heterocycles. The van der Waals surface area contributed by atoms with Crippen LogP contribution in [0.15, 0.2) is 36.1 Å². The maximum Gasteiger partial charge on any atom is 0.136 e. The first-order chi connectivity index (χ1) is 7.31. The van der Waals surface area contributed by atoms with Crippen LogP contribution in [0.4, 0.5) is 4.39 Å². The van der Waals surface area contributed by atoms with Crippen molar-refractivity contribution in [2.24, 2.45) is 0 Å². The summed E-state index contributed by atoms with van der Waals surface area (Å²) in [5.74, 6) is -0.305. The molecule has 0 aliphatic rings. The van der Waals surface area contributed by atoms with Gasteiger partial charge in [-0.25, -0.2) is 14.4 Å². The van der Waals surface area contributed by atoms with Gasteiger partial charge in [-0.3, -0.25) is 0 Å². The summed E-state index contributed by atoms with van der Waals surface area (Å²) in [6.45, 7) is 3.39. The Morgan fingerprint density at radius 2 is 2.40 bits per heavy atom. The van der Waals surface area contributed by atoms with Crippen LogP contribution in [0.1, 0.15) is 4.88 Å². The van der Waals surface area contributed by atoms with E-state index in [1.165, 1.54) is 23.7 Å².